The van der Waals surface area contributed by atoms with Crippen LogP contribution in [0.25, 0.3) is 11.4 Å². The number of hydrogen-bond acceptors (Lipinski definition) is 4. The van der Waals surface area contributed by atoms with Gasteiger partial charge in [-0.2, -0.15) is 4.80 Å². The predicted molar refractivity (Wildman–Crippen MR) is 95.8 cm³/mol. The van der Waals surface area contributed by atoms with E-state index in [9.17, 15) is 4.79 Å². The predicted octanol–water partition coefficient (Wildman–Crippen LogP) is 3.04. The van der Waals surface area contributed by atoms with Gasteiger partial charge in [-0.25, -0.2) is 0 Å². The Morgan fingerprint density at radius 3 is 2.56 bits per heavy atom. The van der Waals surface area contributed by atoms with Crippen molar-refractivity contribution in [3.8, 4) is 11.4 Å². The fourth-order valence-corrected chi connectivity index (χ4v) is 2.68. The summed E-state index contributed by atoms with van der Waals surface area (Å²) in [6, 6.07) is 17.1. The molecule has 7 heteroatoms. The number of aromatic nitrogens is 4. The number of benzene rings is 2. The molecule has 3 aromatic rings. The van der Waals surface area contributed by atoms with Crippen LogP contribution in [0, 0.1) is 0 Å². The van der Waals surface area contributed by atoms with E-state index in [-0.39, 0.29) is 12.5 Å². The van der Waals surface area contributed by atoms with Crippen molar-refractivity contribution >= 4 is 17.5 Å². The summed E-state index contributed by atoms with van der Waals surface area (Å²) in [7, 11) is 0. The van der Waals surface area contributed by atoms with E-state index in [2.05, 4.69) is 15.4 Å². The Labute approximate surface area is 151 Å². The molecular formula is C18H18ClN5O. The Kier molecular flexibility index (Phi) is 5.40. The Morgan fingerprint density at radius 1 is 1.12 bits per heavy atom. The molecule has 0 aliphatic rings. The number of rotatable bonds is 6. The van der Waals surface area contributed by atoms with Gasteiger partial charge in [0.05, 0.1) is 5.02 Å². The molecule has 0 saturated carbocycles. The van der Waals surface area contributed by atoms with Gasteiger partial charge in [-0.15, -0.1) is 10.2 Å². The zero-order chi connectivity index (χ0) is 17.6. The Morgan fingerprint density at radius 2 is 1.84 bits per heavy atom. The number of amides is 1. The van der Waals surface area contributed by atoms with Crippen LogP contribution >= 0.6 is 11.6 Å². The van der Waals surface area contributed by atoms with Gasteiger partial charge in [0.25, 0.3) is 0 Å². The largest absolute Gasteiger partial charge is 0.337 e. The van der Waals surface area contributed by atoms with Crippen molar-refractivity contribution in [1.82, 2.24) is 25.1 Å². The molecule has 0 saturated heterocycles. The van der Waals surface area contributed by atoms with Crippen molar-refractivity contribution in [2.45, 2.75) is 20.0 Å². The van der Waals surface area contributed by atoms with Gasteiger partial charge in [0, 0.05) is 18.7 Å². The standard InChI is InChI=1S/C18H18ClN5O/c1-2-23(12-14-8-4-3-5-9-14)17(25)13-24-21-18(20-22-24)15-10-6-7-11-16(15)19/h3-11H,2,12-13H2,1H3. The molecule has 3 rings (SSSR count). The van der Waals surface area contributed by atoms with Crippen LogP contribution in [0.1, 0.15) is 12.5 Å². The summed E-state index contributed by atoms with van der Waals surface area (Å²) in [5.74, 6) is 0.346. The molecule has 0 aliphatic carbocycles. The first-order valence-electron chi connectivity index (χ1n) is 8.01. The summed E-state index contributed by atoms with van der Waals surface area (Å²) in [4.78, 5) is 15.6. The summed E-state index contributed by atoms with van der Waals surface area (Å²) in [6.45, 7) is 3.16. The van der Waals surface area contributed by atoms with Crippen LogP contribution in [0.3, 0.4) is 0 Å². The minimum absolute atomic E-state index is 0.0398. The second kappa shape index (κ2) is 7.90. The van der Waals surface area contributed by atoms with E-state index in [0.717, 1.165) is 5.56 Å². The van der Waals surface area contributed by atoms with E-state index < -0.39 is 0 Å². The molecule has 0 radical (unpaired) electrons. The summed E-state index contributed by atoms with van der Waals surface area (Å²) in [6.07, 6.45) is 0. The van der Waals surface area contributed by atoms with Crippen molar-refractivity contribution in [2.24, 2.45) is 0 Å². The molecule has 1 amide bonds. The number of likely N-dealkylation sites (N-methyl/N-ethyl adjacent to an activating group) is 1. The molecule has 0 spiro atoms. The Bertz CT molecular complexity index is 849. The molecule has 0 atom stereocenters. The maximum Gasteiger partial charge on any atom is 0.246 e. The fraction of sp³-hybridized carbons (Fsp3) is 0.222. The quantitative estimate of drug-likeness (QED) is 0.681. The highest BCUT2D eigenvalue weighted by Gasteiger charge is 2.16. The smallest absolute Gasteiger partial charge is 0.246 e. The lowest BCUT2D eigenvalue weighted by Gasteiger charge is -2.20. The summed E-state index contributed by atoms with van der Waals surface area (Å²) in [5.41, 5.74) is 1.78. The monoisotopic (exact) mass is 355 g/mol. The number of hydrogen-bond donors (Lipinski definition) is 0. The number of nitrogens with zero attached hydrogens (tertiary/aromatic N) is 5. The molecule has 0 N–H and O–H groups in total. The SMILES string of the molecule is CCN(Cc1ccccc1)C(=O)Cn1nnc(-c2ccccc2Cl)n1. The number of halogens is 1. The highest BCUT2D eigenvalue weighted by Crippen LogP contribution is 2.23. The fourth-order valence-electron chi connectivity index (χ4n) is 2.46. The minimum Gasteiger partial charge on any atom is -0.337 e. The third-order valence-electron chi connectivity index (χ3n) is 3.79. The second-order valence-corrected chi connectivity index (χ2v) is 5.92. The van der Waals surface area contributed by atoms with Gasteiger partial charge in [0.2, 0.25) is 11.7 Å². The van der Waals surface area contributed by atoms with E-state index in [1.54, 1.807) is 11.0 Å². The van der Waals surface area contributed by atoms with Crippen molar-refractivity contribution in [3.05, 3.63) is 65.2 Å². The molecule has 6 nitrogen and oxygen atoms in total. The van der Waals surface area contributed by atoms with Gasteiger partial charge < -0.3 is 4.90 Å². The van der Waals surface area contributed by atoms with Gasteiger partial charge in [0.1, 0.15) is 6.54 Å². The lowest BCUT2D eigenvalue weighted by molar-refractivity contribution is -0.132. The molecule has 0 aliphatic heterocycles. The van der Waals surface area contributed by atoms with Crippen LogP contribution in [0.2, 0.25) is 5.02 Å². The lowest BCUT2D eigenvalue weighted by Crippen LogP contribution is -2.33. The summed E-state index contributed by atoms with van der Waals surface area (Å²) >= 11 is 6.14. The van der Waals surface area contributed by atoms with Crippen molar-refractivity contribution in [2.75, 3.05) is 6.54 Å². The van der Waals surface area contributed by atoms with E-state index in [4.69, 9.17) is 11.6 Å². The molecule has 1 heterocycles. The van der Waals surface area contributed by atoms with Crippen LogP contribution in [0.4, 0.5) is 0 Å². The summed E-state index contributed by atoms with van der Waals surface area (Å²) in [5, 5.41) is 12.8. The van der Waals surface area contributed by atoms with Gasteiger partial charge in [0.15, 0.2) is 0 Å². The Hall–Kier alpha value is -2.73. The van der Waals surface area contributed by atoms with Crippen LogP contribution in [-0.2, 0) is 17.9 Å². The molecule has 0 fully saturated rings. The molecule has 25 heavy (non-hydrogen) atoms. The van der Waals surface area contributed by atoms with E-state index in [0.29, 0.717) is 29.5 Å². The van der Waals surface area contributed by atoms with Crippen LogP contribution in [0.5, 0.6) is 0 Å². The lowest BCUT2D eigenvalue weighted by atomic mass is 10.2. The average molecular weight is 356 g/mol. The zero-order valence-electron chi connectivity index (χ0n) is 13.8. The highest BCUT2D eigenvalue weighted by atomic mass is 35.5. The van der Waals surface area contributed by atoms with Gasteiger partial charge in [-0.05, 0) is 29.8 Å². The van der Waals surface area contributed by atoms with Crippen molar-refractivity contribution < 1.29 is 4.79 Å². The van der Waals surface area contributed by atoms with Gasteiger partial charge in [-0.1, -0.05) is 54.1 Å². The molecule has 0 unspecified atom stereocenters. The zero-order valence-corrected chi connectivity index (χ0v) is 14.6. The van der Waals surface area contributed by atoms with Crippen molar-refractivity contribution in [3.63, 3.8) is 0 Å². The first-order chi connectivity index (χ1) is 12.2. The topological polar surface area (TPSA) is 63.9 Å². The molecule has 128 valence electrons. The molecule has 0 bridgehead atoms. The van der Waals surface area contributed by atoms with Crippen LogP contribution < -0.4 is 0 Å². The Balaban J connectivity index is 1.69. The van der Waals surface area contributed by atoms with E-state index >= 15 is 0 Å². The maximum absolute atomic E-state index is 12.5. The maximum atomic E-state index is 12.5. The van der Waals surface area contributed by atoms with Crippen LogP contribution in [0.15, 0.2) is 54.6 Å². The first kappa shape index (κ1) is 17.1. The molecule has 2 aromatic carbocycles. The second-order valence-electron chi connectivity index (χ2n) is 5.52. The van der Waals surface area contributed by atoms with Gasteiger partial charge in [-0.3, -0.25) is 4.79 Å². The van der Waals surface area contributed by atoms with E-state index in [1.165, 1.54) is 4.80 Å². The number of tetrazole rings is 1. The number of carbonyl (C=O) groups excluding carboxylic acids is 1. The third kappa shape index (κ3) is 4.22. The highest BCUT2D eigenvalue weighted by molar-refractivity contribution is 6.33. The molecular weight excluding hydrogens is 338 g/mol. The average Bonchev–Trinajstić information content (AvgIpc) is 3.09. The first-order valence-corrected chi connectivity index (χ1v) is 8.39. The number of carbonyl (C=O) groups is 1. The van der Waals surface area contributed by atoms with Crippen molar-refractivity contribution in [1.29, 1.82) is 0 Å². The molecule has 1 aromatic heterocycles. The van der Waals surface area contributed by atoms with E-state index in [1.807, 2.05) is 55.5 Å². The summed E-state index contributed by atoms with van der Waals surface area (Å²) < 4.78 is 0. The van der Waals surface area contributed by atoms with Crippen LogP contribution in [-0.4, -0.2) is 37.6 Å². The van der Waals surface area contributed by atoms with Gasteiger partial charge >= 0.3 is 0 Å². The normalized spacial score (nSPS) is 10.6. The third-order valence-corrected chi connectivity index (χ3v) is 4.12. The minimum atomic E-state index is -0.0607.